The smallest absolute Gasteiger partial charge is 0.0486 e. The fourth-order valence-corrected chi connectivity index (χ4v) is 2.49. The van der Waals surface area contributed by atoms with Crippen LogP contribution in [0.15, 0.2) is 72.8 Å². The van der Waals surface area contributed by atoms with Gasteiger partial charge in [-0.15, -0.1) is 57.9 Å². The molecule has 130 valence electrons. The molecule has 0 aliphatic heterocycles. The summed E-state index contributed by atoms with van der Waals surface area (Å²) >= 11 is -1.76. The van der Waals surface area contributed by atoms with Crippen molar-refractivity contribution in [2.24, 2.45) is 0 Å². The van der Waals surface area contributed by atoms with E-state index in [0.29, 0.717) is 0 Å². The van der Waals surface area contributed by atoms with E-state index in [1.165, 1.54) is 32.7 Å². The Kier molecular flexibility index (Phi) is 8.30. The Morgan fingerprint density at radius 3 is 1.52 bits per heavy atom. The molecule has 0 saturated heterocycles. The molecule has 4 rings (SSSR count). The van der Waals surface area contributed by atoms with Crippen molar-refractivity contribution in [2.45, 2.75) is 20.8 Å². The summed E-state index contributed by atoms with van der Waals surface area (Å²) in [5.41, 5.74) is 2.66. The second-order valence-electron chi connectivity index (χ2n) is 5.89. The van der Waals surface area contributed by atoms with E-state index < -0.39 is 18.9 Å². The number of rotatable bonds is 0. The summed E-state index contributed by atoms with van der Waals surface area (Å²) in [7, 11) is 10.7. The van der Waals surface area contributed by atoms with Crippen molar-refractivity contribution >= 4 is 42.3 Å². The number of hydrogen-bond donors (Lipinski definition) is 0. The standard InChI is InChI=1S/2C10H9.C2H4.2ClH.Zr/c2*1-8-5-6-9-3-2-4-10(9)7-8;1-2;;;/h2*2-7H,1H3;1H,2H3;2*1H;/q2*-1;;;;+2/p-2. The first-order valence-corrected chi connectivity index (χ1v) is 16.0. The van der Waals surface area contributed by atoms with E-state index in [-0.39, 0.29) is 0 Å². The molecule has 0 radical (unpaired) electrons. The Bertz CT molecular complexity index is 884. The first kappa shape index (κ1) is 20.3. The van der Waals surface area contributed by atoms with Crippen LogP contribution in [0, 0.1) is 13.8 Å². The van der Waals surface area contributed by atoms with Crippen molar-refractivity contribution < 1.29 is 18.9 Å². The minimum Gasteiger partial charge on any atom is -0.168 e. The Morgan fingerprint density at radius 1 is 0.760 bits per heavy atom. The SMILES string of the molecule is C[CH]=[Zr]([Cl])[Cl].Cc1ccc2cc[cH-]c2c1.Cc1ccc2cc[cH-]c2c1. The van der Waals surface area contributed by atoms with Crippen molar-refractivity contribution in [3.8, 4) is 0 Å². The molecule has 0 spiro atoms. The average molecular weight is 449 g/mol. The van der Waals surface area contributed by atoms with Gasteiger partial charge in [0.25, 0.3) is 0 Å². The largest absolute Gasteiger partial charge is 0.168 e. The van der Waals surface area contributed by atoms with E-state index in [9.17, 15) is 0 Å². The van der Waals surface area contributed by atoms with Crippen LogP contribution in [0.2, 0.25) is 0 Å². The molecule has 0 unspecified atom stereocenters. The zero-order valence-corrected chi connectivity index (χ0v) is 18.7. The molecule has 0 N–H and O–H groups in total. The van der Waals surface area contributed by atoms with E-state index in [0.717, 1.165) is 0 Å². The summed E-state index contributed by atoms with van der Waals surface area (Å²) in [6, 6.07) is 25.7. The van der Waals surface area contributed by atoms with Gasteiger partial charge in [-0.25, -0.2) is 0 Å². The second kappa shape index (κ2) is 10.2. The molecule has 25 heavy (non-hydrogen) atoms. The van der Waals surface area contributed by atoms with Crippen LogP contribution in [0.25, 0.3) is 21.5 Å². The quantitative estimate of drug-likeness (QED) is 0.245. The third-order valence-corrected chi connectivity index (χ3v) is 7.46. The van der Waals surface area contributed by atoms with Gasteiger partial charge in [0.2, 0.25) is 0 Å². The maximum Gasteiger partial charge on any atom is -0.0486 e. The van der Waals surface area contributed by atoms with Crippen molar-refractivity contribution in [3.05, 3.63) is 83.9 Å². The maximum absolute atomic E-state index is 5.37. The number of halogens is 2. The topological polar surface area (TPSA) is 0 Å². The predicted molar refractivity (Wildman–Crippen MR) is 112 cm³/mol. The van der Waals surface area contributed by atoms with E-state index in [1.807, 2.05) is 10.6 Å². The van der Waals surface area contributed by atoms with Crippen LogP contribution in [0.1, 0.15) is 18.1 Å². The van der Waals surface area contributed by atoms with Crippen LogP contribution in [-0.4, -0.2) is 3.71 Å². The summed E-state index contributed by atoms with van der Waals surface area (Å²) in [5.74, 6) is 0. The van der Waals surface area contributed by atoms with Crippen molar-refractivity contribution in [1.29, 1.82) is 0 Å². The zero-order chi connectivity index (χ0) is 18.2. The van der Waals surface area contributed by atoms with Gasteiger partial charge in [-0.05, 0) is 13.8 Å². The predicted octanol–water partition coefficient (Wildman–Crippen LogP) is 7.47. The maximum atomic E-state index is 5.37. The van der Waals surface area contributed by atoms with Gasteiger partial charge < -0.3 is 0 Å². The molecule has 0 nitrogen and oxygen atoms in total. The first-order chi connectivity index (χ1) is 12.0. The molecule has 0 saturated carbocycles. The van der Waals surface area contributed by atoms with Crippen LogP contribution in [0.3, 0.4) is 0 Å². The minimum atomic E-state index is -1.76. The number of fused-ring (bicyclic) bond motifs is 2. The van der Waals surface area contributed by atoms with Crippen LogP contribution in [-0.2, 0) is 18.9 Å². The van der Waals surface area contributed by atoms with E-state index in [2.05, 4.69) is 86.6 Å². The van der Waals surface area contributed by atoms with Crippen molar-refractivity contribution in [2.75, 3.05) is 0 Å². The van der Waals surface area contributed by atoms with E-state index in [4.69, 9.17) is 17.0 Å². The summed E-state index contributed by atoms with van der Waals surface area (Å²) in [6.45, 7) is 6.13. The number of benzene rings is 2. The molecule has 0 fully saturated rings. The van der Waals surface area contributed by atoms with Gasteiger partial charge in [-0.1, -0.05) is 23.3 Å². The molecule has 0 bridgehead atoms. The first-order valence-electron chi connectivity index (χ1n) is 8.21. The molecule has 0 aromatic heterocycles. The molecule has 0 aliphatic carbocycles. The van der Waals surface area contributed by atoms with E-state index in [1.54, 1.807) is 0 Å². The monoisotopic (exact) mass is 446 g/mol. The summed E-state index contributed by atoms with van der Waals surface area (Å²) < 4.78 is 1.89. The summed E-state index contributed by atoms with van der Waals surface area (Å²) in [4.78, 5) is 0. The van der Waals surface area contributed by atoms with Gasteiger partial charge in [-0.3, -0.25) is 0 Å². The molecule has 0 amide bonds. The van der Waals surface area contributed by atoms with Crippen molar-refractivity contribution in [1.82, 2.24) is 0 Å². The molecule has 0 heterocycles. The Labute approximate surface area is 165 Å². The van der Waals surface area contributed by atoms with Gasteiger partial charge in [0.15, 0.2) is 0 Å². The number of hydrogen-bond acceptors (Lipinski definition) is 0. The summed E-state index contributed by atoms with van der Waals surface area (Å²) in [5, 5.41) is 5.37. The average Bonchev–Trinajstić information content (AvgIpc) is 3.23. The Morgan fingerprint density at radius 2 is 1.16 bits per heavy atom. The van der Waals surface area contributed by atoms with Crippen LogP contribution < -0.4 is 0 Å². The fraction of sp³-hybridized carbons (Fsp3) is 0.136. The normalized spacial score (nSPS) is 9.80. The third kappa shape index (κ3) is 6.66. The van der Waals surface area contributed by atoms with Crippen molar-refractivity contribution in [3.63, 3.8) is 0 Å². The molecular formula is C22H22Cl2Zr-2. The Hall–Kier alpha value is -1.01. The van der Waals surface area contributed by atoms with Gasteiger partial charge in [-0.2, -0.15) is 24.3 Å². The minimum absolute atomic E-state index is 1.33. The molecule has 3 heteroatoms. The third-order valence-electron chi connectivity index (χ3n) is 3.81. The second-order valence-corrected chi connectivity index (χ2v) is 14.7. The van der Waals surface area contributed by atoms with Gasteiger partial charge >= 0.3 is 46.5 Å². The molecule has 4 aromatic carbocycles. The number of aryl methyl sites for hydroxylation is 2. The van der Waals surface area contributed by atoms with E-state index >= 15 is 0 Å². The van der Waals surface area contributed by atoms with Gasteiger partial charge in [0.1, 0.15) is 0 Å². The Balaban J connectivity index is 0.000000144. The van der Waals surface area contributed by atoms with Gasteiger partial charge in [0, 0.05) is 0 Å². The fourth-order valence-electron chi connectivity index (χ4n) is 2.49. The molecule has 4 aromatic rings. The summed E-state index contributed by atoms with van der Waals surface area (Å²) in [6.07, 6.45) is 0. The van der Waals surface area contributed by atoms with Crippen LogP contribution in [0.4, 0.5) is 0 Å². The molecular weight excluding hydrogens is 426 g/mol. The molecule has 0 atom stereocenters. The van der Waals surface area contributed by atoms with Crippen LogP contribution >= 0.6 is 17.0 Å². The zero-order valence-electron chi connectivity index (χ0n) is 14.8. The van der Waals surface area contributed by atoms with Gasteiger partial charge in [0.05, 0.1) is 0 Å². The van der Waals surface area contributed by atoms with Crippen LogP contribution in [0.5, 0.6) is 0 Å². The molecule has 0 aliphatic rings.